The van der Waals surface area contributed by atoms with Gasteiger partial charge >= 0.3 is 0 Å². The predicted octanol–water partition coefficient (Wildman–Crippen LogP) is 1.78. The summed E-state index contributed by atoms with van der Waals surface area (Å²) in [6.07, 6.45) is 3.27. The minimum atomic E-state index is 0.735. The molecule has 0 bridgehead atoms. The first-order valence-corrected chi connectivity index (χ1v) is 10.9. The normalized spacial score (nSPS) is 23.0. The van der Waals surface area contributed by atoms with E-state index in [0.717, 1.165) is 89.6 Å². The van der Waals surface area contributed by atoms with Gasteiger partial charge in [-0.1, -0.05) is 12.1 Å². The van der Waals surface area contributed by atoms with Crippen molar-refractivity contribution >= 4 is 5.96 Å². The lowest BCUT2D eigenvalue weighted by Crippen LogP contribution is -2.42. The van der Waals surface area contributed by atoms with Gasteiger partial charge in [-0.15, -0.1) is 0 Å². The zero-order valence-corrected chi connectivity index (χ0v) is 17.2. The van der Waals surface area contributed by atoms with Crippen LogP contribution in [0.1, 0.15) is 24.5 Å². The van der Waals surface area contributed by atoms with Crippen LogP contribution in [0.5, 0.6) is 5.75 Å². The third-order valence-corrected chi connectivity index (χ3v) is 5.96. The van der Waals surface area contributed by atoms with Crippen LogP contribution in [-0.2, 0) is 17.6 Å². The van der Waals surface area contributed by atoms with E-state index in [4.69, 9.17) is 14.5 Å². The highest BCUT2D eigenvalue weighted by Crippen LogP contribution is 2.26. The second-order valence-electron chi connectivity index (χ2n) is 8.04. The molecule has 4 rings (SSSR count). The van der Waals surface area contributed by atoms with E-state index in [9.17, 15) is 0 Å². The predicted molar refractivity (Wildman–Crippen MR) is 112 cm³/mol. The average Bonchev–Trinajstić information content (AvgIpc) is 3.37. The first-order chi connectivity index (χ1) is 13.8. The summed E-state index contributed by atoms with van der Waals surface area (Å²) < 4.78 is 11.1. The summed E-state index contributed by atoms with van der Waals surface area (Å²) in [6, 6.07) is 6.59. The fourth-order valence-electron chi connectivity index (χ4n) is 4.44. The van der Waals surface area contributed by atoms with Crippen LogP contribution in [0.2, 0.25) is 0 Å². The average molecular weight is 387 g/mol. The Hall–Kier alpha value is -1.79. The second kappa shape index (κ2) is 9.61. The molecule has 1 N–H and O–H groups in total. The number of hydrogen-bond donors (Lipinski definition) is 1. The van der Waals surface area contributed by atoms with Crippen molar-refractivity contribution < 1.29 is 9.47 Å². The molecule has 154 valence electrons. The number of morpholine rings is 1. The molecular weight excluding hydrogens is 352 g/mol. The molecule has 0 radical (unpaired) electrons. The summed E-state index contributed by atoms with van der Waals surface area (Å²) in [7, 11) is 0. The Balaban J connectivity index is 1.29. The van der Waals surface area contributed by atoms with Crippen LogP contribution in [0.4, 0.5) is 0 Å². The van der Waals surface area contributed by atoms with E-state index in [0.29, 0.717) is 0 Å². The highest BCUT2D eigenvalue weighted by Gasteiger charge is 2.27. The first kappa shape index (κ1) is 19.5. The Morgan fingerprint density at radius 3 is 2.96 bits per heavy atom. The molecule has 0 aliphatic carbocycles. The van der Waals surface area contributed by atoms with Gasteiger partial charge in [-0.25, -0.2) is 0 Å². The standard InChI is InChI=1S/C22H34N4O2/c1-2-23-22(24-8-5-18-3-4-21-20(15-18)7-12-28-21)26-9-6-19(17-26)16-25-10-13-27-14-11-25/h3-4,15,19H,2,5-14,16-17H2,1H3,(H,23,24). The summed E-state index contributed by atoms with van der Waals surface area (Å²) in [4.78, 5) is 9.94. The van der Waals surface area contributed by atoms with E-state index >= 15 is 0 Å². The van der Waals surface area contributed by atoms with Crippen molar-refractivity contribution in [3.63, 3.8) is 0 Å². The lowest BCUT2D eigenvalue weighted by molar-refractivity contribution is 0.0315. The van der Waals surface area contributed by atoms with Crippen LogP contribution in [0.25, 0.3) is 0 Å². The van der Waals surface area contributed by atoms with Gasteiger partial charge in [-0.2, -0.15) is 0 Å². The quantitative estimate of drug-likeness (QED) is 0.597. The Labute approximate surface area is 168 Å². The summed E-state index contributed by atoms with van der Waals surface area (Å²) in [6.45, 7) is 12.1. The number of likely N-dealkylation sites (tertiary alicyclic amines) is 1. The van der Waals surface area contributed by atoms with E-state index in [1.165, 1.54) is 24.1 Å². The van der Waals surface area contributed by atoms with Crippen molar-refractivity contribution in [2.45, 2.75) is 26.2 Å². The highest BCUT2D eigenvalue weighted by atomic mass is 16.5. The van der Waals surface area contributed by atoms with E-state index in [-0.39, 0.29) is 0 Å². The Morgan fingerprint density at radius 2 is 2.11 bits per heavy atom. The number of benzene rings is 1. The molecule has 2 saturated heterocycles. The van der Waals surface area contributed by atoms with Crippen LogP contribution in [0.15, 0.2) is 23.2 Å². The highest BCUT2D eigenvalue weighted by molar-refractivity contribution is 5.80. The van der Waals surface area contributed by atoms with Crippen molar-refractivity contribution in [3.8, 4) is 5.75 Å². The molecule has 28 heavy (non-hydrogen) atoms. The zero-order chi connectivity index (χ0) is 19.2. The van der Waals surface area contributed by atoms with E-state index in [1.807, 2.05) is 0 Å². The van der Waals surface area contributed by atoms with Gasteiger partial charge in [-0.3, -0.25) is 9.89 Å². The maximum absolute atomic E-state index is 5.61. The molecule has 0 aromatic heterocycles. The second-order valence-corrected chi connectivity index (χ2v) is 8.04. The van der Waals surface area contributed by atoms with Crippen molar-refractivity contribution in [2.75, 3.05) is 65.6 Å². The van der Waals surface area contributed by atoms with Gasteiger partial charge in [0.2, 0.25) is 0 Å². The number of fused-ring (bicyclic) bond motifs is 1. The number of nitrogens with zero attached hydrogens (tertiary/aromatic N) is 3. The maximum atomic E-state index is 5.61. The summed E-state index contributed by atoms with van der Waals surface area (Å²) in [5.74, 6) is 2.87. The minimum Gasteiger partial charge on any atom is -0.493 e. The topological polar surface area (TPSA) is 49.3 Å². The lowest BCUT2D eigenvalue weighted by Gasteiger charge is -2.29. The fraction of sp³-hybridized carbons (Fsp3) is 0.682. The van der Waals surface area contributed by atoms with E-state index in [1.54, 1.807) is 0 Å². The molecule has 1 unspecified atom stereocenters. The van der Waals surface area contributed by atoms with Gasteiger partial charge in [0.1, 0.15) is 5.75 Å². The molecule has 0 spiro atoms. The van der Waals surface area contributed by atoms with Crippen LogP contribution >= 0.6 is 0 Å². The summed E-state index contributed by atoms with van der Waals surface area (Å²) in [5, 5.41) is 3.50. The maximum Gasteiger partial charge on any atom is 0.193 e. The van der Waals surface area contributed by atoms with Gasteiger partial charge in [0.15, 0.2) is 5.96 Å². The first-order valence-electron chi connectivity index (χ1n) is 10.9. The fourth-order valence-corrected chi connectivity index (χ4v) is 4.44. The summed E-state index contributed by atoms with van der Waals surface area (Å²) >= 11 is 0. The van der Waals surface area contributed by atoms with Gasteiger partial charge in [0.05, 0.1) is 19.8 Å². The zero-order valence-electron chi connectivity index (χ0n) is 17.2. The Kier molecular flexibility index (Phi) is 6.70. The molecule has 1 aromatic rings. The number of nitrogens with one attached hydrogen (secondary N) is 1. The number of ether oxygens (including phenoxy) is 2. The largest absolute Gasteiger partial charge is 0.493 e. The number of hydrogen-bond acceptors (Lipinski definition) is 4. The molecule has 6 heteroatoms. The van der Waals surface area contributed by atoms with Gasteiger partial charge in [0.25, 0.3) is 0 Å². The van der Waals surface area contributed by atoms with Gasteiger partial charge in [0, 0.05) is 52.2 Å². The third-order valence-electron chi connectivity index (χ3n) is 5.96. The molecule has 3 aliphatic heterocycles. The monoisotopic (exact) mass is 386 g/mol. The van der Waals surface area contributed by atoms with E-state index < -0.39 is 0 Å². The van der Waals surface area contributed by atoms with Crippen LogP contribution in [0, 0.1) is 5.92 Å². The van der Waals surface area contributed by atoms with Crippen molar-refractivity contribution in [2.24, 2.45) is 10.9 Å². The third kappa shape index (κ3) is 4.97. The number of rotatable bonds is 6. The number of aliphatic imine (C=N–C) groups is 1. The molecule has 0 saturated carbocycles. The summed E-state index contributed by atoms with van der Waals surface area (Å²) in [5.41, 5.74) is 2.70. The van der Waals surface area contributed by atoms with Crippen LogP contribution < -0.4 is 10.1 Å². The molecular formula is C22H34N4O2. The SMILES string of the molecule is CCNC(=NCCc1ccc2c(c1)CCO2)N1CCC(CN2CCOCC2)C1. The minimum absolute atomic E-state index is 0.735. The lowest BCUT2D eigenvalue weighted by atomic mass is 10.1. The molecule has 2 fully saturated rings. The van der Waals surface area contributed by atoms with Gasteiger partial charge in [-0.05, 0) is 42.9 Å². The molecule has 1 aromatic carbocycles. The molecule has 6 nitrogen and oxygen atoms in total. The van der Waals surface area contributed by atoms with Crippen LogP contribution in [0.3, 0.4) is 0 Å². The molecule has 0 amide bonds. The van der Waals surface area contributed by atoms with Crippen LogP contribution in [-0.4, -0.2) is 81.4 Å². The molecule has 3 heterocycles. The number of guanidine groups is 1. The molecule has 1 atom stereocenters. The van der Waals surface area contributed by atoms with Crippen molar-refractivity contribution in [3.05, 3.63) is 29.3 Å². The van der Waals surface area contributed by atoms with Crippen molar-refractivity contribution in [1.82, 2.24) is 15.1 Å². The Bertz CT molecular complexity index is 673. The molecule has 3 aliphatic rings. The van der Waals surface area contributed by atoms with Gasteiger partial charge < -0.3 is 19.7 Å². The Morgan fingerprint density at radius 1 is 1.21 bits per heavy atom. The van der Waals surface area contributed by atoms with Crippen molar-refractivity contribution in [1.29, 1.82) is 0 Å². The van der Waals surface area contributed by atoms with E-state index in [2.05, 4.69) is 40.2 Å². The smallest absolute Gasteiger partial charge is 0.193 e.